The summed E-state index contributed by atoms with van der Waals surface area (Å²) in [5.74, 6) is 0. The van der Waals surface area contributed by atoms with Gasteiger partial charge in [0, 0.05) is 11.3 Å². The number of nitriles is 1. The predicted octanol–water partition coefficient (Wildman–Crippen LogP) is 0.991. The molecule has 0 rings (SSSR count). The highest BCUT2D eigenvalue weighted by atomic mass is 32.2. The van der Waals surface area contributed by atoms with E-state index in [0.717, 1.165) is 6.42 Å². The first-order valence-corrected chi connectivity index (χ1v) is 5.77. The van der Waals surface area contributed by atoms with Crippen LogP contribution in [0.15, 0.2) is 0 Å². The van der Waals surface area contributed by atoms with E-state index in [-0.39, 0.29) is 23.9 Å². The Balaban J connectivity index is 3.96. The second-order valence-corrected chi connectivity index (χ2v) is 4.08. The fourth-order valence-electron chi connectivity index (χ4n) is 1.11. The molecule has 0 saturated heterocycles. The zero-order valence-corrected chi connectivity index (χ0v) is 9.27. The summed E-state index contributed by atoms with van der Waals surface area (Å²) in [5.41, 5.74) is 0. The Bertz CT molecular complexity index is 165. The molecule has 3 unspecified atom stereocenters. The van der Waals surface area contributed by atoms with Gasteiger partial charge < -0.3 is 5.11 Å². The van der Waals surface area contributed by atoms with Gasteiger partial charge in [0.05, 0.1) is 18.7 Å². The monoisotopic (exact) mass is 202 g/mol. The summed E-state index contributed by atoms with van der Waals surface area (Å²) >= 11 is 1.62. The maximum absolute atomic E-state index is 9.01. The molecule has 0 fully saturated rings. The highest BCUT2D eigenvalue weighted by Crippen LogP contribution is 2.11. The van der Waals surface area contributed by atoms with Gasteiger partial charge in [0.15, 0.2) is 0 Å². The summed E-state index contributed by atoms with van der Waals surface area (Å²) in [4.78, 5) is 0. The highest BCUT2D eigenvalue weighted by Gasteiger charge is 2.17. The molecule has 13 heavy (non-hydrogen) atoms. The Morgan fingerprint density at radius 3 is 2.54 bits per heavy atom. The van der Waals surface area contributed by atoms with Gasteiger partial charge >= 0.3 is 0 Å². The quantitative estimate of drug-likeness (QED) is 0.674. The lowest BCUT2D eigenvalue weighted by Crippen LogP contribution is -2.42. The van der Waals surface area contributed by atoms with Gasteiger partial charge in [-0.25, -0.2) is 0 Å². The van der Waals surface area contributed by atoms with Crippen molar-refractivity contribution in [2.45, 2.75) is 37.6 Å². The topological polar surface area (TPSA) is 56.0 Å². The summed E-state index contributed by atoms with van der Waals surface area (Å²) < 4.78 is 0. The Morgan fingerprint density at radius 2 is 2.23 bits per heavy atom. The van der Waals surface area contributed by atoms with Gasteiger partial charge in [0.25, 0.3) is 0 Å². The molecular weight excluding hydrogens is 184 g/mol. The smallest absolute Gasteiger partial charge is 0.0952 e. The van der Waals surface area contributed by atoms with Crippen molar-refractivity contribution in [3.05, 3.63) is 0 Å². The van der Waals surface area contributed by atoms with Crippen LogP contribution in [0.3, 0.4) is 0 Å². The van der Waals surface area contributed by atoms with Crippen LogP contribution in [0.2, 0.25) is 0 Å². The van der Waals surface area contributed by atoms with Crippen LogP contribution in [-0.4, -0.2) is 35.3 Å². The summed E-state index contributed by atoms with van der Waals surface area (Å²) in [5, 5.41) is 21.1. The number of hydrogen-bond acceptors (Lipinski definition) is 4. The number of nitrogens with zero attached hydrogens (tertiary/aromatic N) is 1. The van der Waals surface area contributed by atoms with Crippen molar-refractivity contribution in [1.82, 2.24) is 5.32 Å². The zero-order valence-electron chi connectivity index (χ0n) is 8.45. The first kappa shape index (κ1) is 12.8. The van der Waals surface area contributed by atoms with E-state index in [4.69, 9.17) is 10.4 Å². The normalized spacial score (nSPS) is 17.5. The molecule has 0 aliphatic heterocycles. The van der Waals surface area contributed by atoms with Crippen LogP contribution < -0.4 is 5.32 Å². The lowest BCUT2D eigenvalue weighted by atomic mass is 10.2. The van der Waals surface area contributed by atoms with E-state index in [1.54, 1.807) is 11.8 Å². The van der Waals surface area contributed by atoms with Gasteiger partial charge in [0.2, 0.25) is 0 Å². The van der Waals surface area contributed by atoms with Crippen LogP contribution in [0.1, 0.15) is 20.3 Å². The first-order chi connectivity index (χ1) is 6.19. The van der Waals surface area contributed by atoms with Crippen LogP contribution >= 0.6 is 11.8 Å². The van der Waals surface area contributed by atoms with E-state index in [0.29, 0.717) is 0 Å². The Morgan fingerprint density at radius 1 is 1.62 bits per heavy atom. The summed E-state index contributed by atoms with van der Waals surface area (Å²) in [6.45, 7) is 4.12. The lowest BCUT2D eigenvalue weighted by Gasteiger charge is -2.23. The maximum atomic E-state index is 9.01. The summed E-state index contributed by atoms with van der Waals surface area (Å²) in [6.07, 6.45) is 2.76. The van der Waals surface area contributed by atoms with E-state index < -0.39 is 0 Å². The fraction of sp³-hybridized carbons (Fsp3) is 0.889. The van der Waals surface area contributed by atoms with Crippen LogP contribution in [0, 0.1) is 11.3 Å². The highest BCUT2D eigenvalue weighted by molar-refractivity contribution is 7.99. The van der Waals surface area contributed by atoms with Crippen LogP contribution in [0.25, 0.3) is 0 Å². The van der Waals surface area contributed by atoms with Gasteiger partial charge in [-0.05, 0) is 19.6 Å². The van der Waals surface area contributed by atoms with Gasteiger partial charge in [0.1, 0.15) is 0 Å². The molecule has 0 aromatic heterocycles. The standard InChI is InChI=1S/C9H18N2OS/c1-4-8(5-10)11-7(2)9(6-12)13-3/h7-9,11-12H,4,6H2,1-3H3. The van der Waals surface area contributed by atoms with Gasteiger partial charge in [-0.3, -0.25) is 5.32 Å². The average molecular weight is 202 g/mol. The molecule has 0 radical (unpaired) electrons. The molecule has 2 N–H and O–H groups in total. The molecule has 0 aliphatic carbocycles. The molecule has 0 saturated carbocycles. The minimum absolute atomic E-state index is 0.101. The molecule has 4 heteroatoms. The first-order valence-electron chi connectivity index (χ1n) is 4.48. The van der Waals surface area contributed by atoms with Gasteiger partial charge in [-0.2, -0.15) is 17.0 Å². The number of aliphatic hydroxyl groups excluding tert-OH is 1. The number of rotatable bonds is 6. The predicted molar refractivity (Wildman–Crippen MR) is 56.7 cm³/mol. The largest absolute Gasteiger partial charge is 0.395 e. The molecule has 0 spiro atoms. The second-order valence-electron chi connectivity index (χ2n) is 3.00. The Hall–Kier alpha value is -0.240. The zero-order chi connectivity index (χ0) is 10.3. The third kappa shape index (κ3) is 4.51. The van der Waals surface area contributed by atoms with Gasteiger partial charge in [-0.15, -0.1) is 0 Å². The molecule has 76 valence electrons. The third-order valence-electron chi connectivity index (χ3n) is 2.07. The molecular formula is C9H18N2OS. The van der Waals surface area contributed by atoms with E-state index in [1.165, 1.54) is 0 Å². The van der Waals surface area contributed by atoms with Crippen LogP contribution in [0.5, 0.6) is 0 Å². The molecule has 0 heterocycles. The summed E-state index contributed by atoms with van der Waals surface area (Å²) in [7, 11) is 0. The lowest BCUT2D eigenvalue weighted by molar-refractivity contribution is 0.273. The number of aliphatic hydroxyl groups is 1. The number of nitrogens with one attached hydrogen (secondary N) is 1. The van der Waals surface area contributed by atoms with Crippen LogP contribution in [0.4, 0.5) is 0 Å². The average Bonchev–Trinajstić information content (AvgIpc) is 2.16. The van der Waals surface area contributed by atoms with Crippen LogP contribution in [-0.2, 0) is 0 Å². The molecule has 0 aromatic rings. The molecule has 3 nitrogen and oxygen atoms in total. The van der Waals surface area contributed by atoms with Crippen molar-refractivity contribution in [3.8, 4) is 6.07 Å². The van der Waals surface area contributed by atoms with Crippen molar-refractivity contribution in [2.24, 2.45) is 0 Å². The van der Waals surface area contributed by atoms with E-state index in [1.807, 2.05) is 20.1 Å². The van der Waals surface area contributed by atoms with Crippen molar-refractivity contribution in [2.75, 3.05) is 12.9 Å². The summed E-state index contributed by atoms with van der Waals surface area (Å²) in [6, 6.07) is 2.25. The molecule has 0 bridgehead atoms. The van der Waals surface area contributed by atoms with E-state index in [9.17, 15) is 0 Å². The van der Waals surface area contributed by atoms with Crippen molar-refractivity contribution in [3.63, 3.8) is 0 Å². The van der Waals surface area contributed by atoms with E-state index in [2.05, 4.69) is 11.4 Å². The number of hydrogen-bond donors (Lipinski definition) is 2. The van der Waals surface area contributed by atoms with Crippen molar-refractivity contribution < 1.29 is 5.11 Å². The Kier molecular flexibility index (Phi) is 7.06. The molecule has 3 atom stereocenters. The van der Waals surface area contributed by atoms with Crippen molar-refractivity contribution in [1.29, 1.82) is 5.26 Å². The molecule has 0 amide bonds. The Labute approximate surface area is 84.5 Å². The van der Waals surface area contributed by atoms with Crippen molar-refractivity contribution >= 4 is 11.8 Å². The second kappa shape index (κ2) is 7.19. The molecule has 0 aliphatic rings. The van der Waals surface area contributed by atoms with E-state index >= 15 is 0 Å². The molecule has 0 aromatic carbocycles. The minimum Gasteiger partial charge on any atom is -0.395 e. The minimum atomic E-state index is -0.101. The SMILES string of the molecule is CCC(C#N)NC(C)C(CO)SC. The van der Waals surface area contributed by atoms with Gasteiger partial charge in [-0.1, -0.05) is 6.92 Å². The number of thioether (sulfide) groups is 1. The fourth-order valence-corrected chi connectivity index (χ4v) is 1.74. The maximum Gasteiger partial charge on any atom is 0.0952 e. The third-order valence-corrected chi connectivity index (χ3v) is 3.23.